The normalized spacial score (nSPS) is 14.2. The van der Waals surface area contributed by atoms with Gasteiger partial charge in [-0.2, -0.15) is 0 Å². The molecule has 206 valence electrons. The smallest absolute Gasteiger partial charge is 0.326 e. The van der Waals surface area contributed by atoms with Crippen molar-refractivity contribution in [1.82, 2.24) is 16.0 Å². The van der Waals surface area contributed by atoms with Gasteiger partial charge in [0, 0.05) is 6.42 Å². The van der Waals surface area contributed by atoms with Gasteiger partial charge in [-0.3, -0.25) is 19.2 Å². The van der Waals surface area contributed by atoms with Gasteiger partial charge in [0.1, 0.15) is 23.9 Å². The predicted molar refractivity (Wildman–Crippen MR) is 133 cm³/mol. The molecule has 0 heterocycles. The molecule has 4 atom stereocenters. The predicted octanol–water partition coefficient (Wildman–Crippen LogP) is -0.939. The summed E-state index contributed by atoms with van der Waals surface area (Å²) >= 11 is 0. The van der Waals surface area contributed by atoms with Crippen LogP contribution in [-0.4, -0.2) is 75.7 Å². The van der Waals surface area contributed by atoms with Crippen molar-refractivity contribution in [1.29, 1.82) is 0 Å². The Kier molecular flexibility index (Phi) is 13.0. The Morgan fingerprint density at radius 3 is 1.97 bits per heavy atom. The van der Waals surface area contributed by atoms with Gasteiger partial charge in [-0.15, -0.1) is 0 Å². The van der Waals surface area contributed by atoms with Gasteiger partial charge in [0.25, 0.3) is 0 Å². The van der Waals surface area contributed by atoms with Crippen LogP contribution in [0, 0.1) is 5.92 Å². The van der Waals surface area contributed by atoms with Crippen molar-refractivity contribution in [2.75, 3.05) is 6.54 Å². The van der Waals surface area contributed by atoms with Crippen molar-refractivity contribution in [3.05, 3.63) is 29.8 Å². The number of benzene rings is 1. The number of nitrogens with one attached hydrogen (secondary N) is 3. The number of carboxylic acid groups (broad SMARTS) is 2. The second-order valence-electron chi connectivity index (χ2n) is 9.05. The highest BCUT2D eigenvalue weighted by Crippen LogP contribution is 2.12. The number of hydrogen-bond acceptors (Lipinski definition) is 8. The Hall–Kier alpha value is -3.71. The van der Waals surface area contributed by atoms with Gasteiger partial charge in [0.15, 0.2) is 0 Å². The minimum atomic E-state index is -1.51. The maximum Gasteiger partial charge on any atom is 0.326 e. The fourth-order valence-electron chi connectivity index (χ4n) is 3.42. The summed E-state index contributed by atoms with van der Waals surface area (Å²) in [5.41, 5.74) is 11.8. The Bertz CT molecular complexity index is 938. The van der Waals surface area contributed by atoms with Crippen molar-refractivity contribution in [2.45, 2.75) is 70.1 Å². The molecule has 0 fully saturated rings. The van der Waals surface area contributed by atoms with Gasteiger partial charge in [0.2, 0.25) is 17.7 Å². The van der Waals surface area contributed by atoms with Crippen LogP contribution in [0.25, 0.3) is 0 Å². The molecule has 0 bridgehead atoms. The zero-order valence-corrected chi connectivity index (χ0v) is 21.0. The lowest BCUT2D eigenvalue weighted by atomic mass is 10.0. The monoisotopic (exact) mass is 523 g/mol. The molecule has 0 saturated carbocycles. The van der Waals surface area contributed by atoms with Gasteiger partial charge in [-0.25, -0.2) is 4.79 Å². The first kappa shape index (κ1) is 31.3. The number of carbonyl (C=O) groups is 5. The Morgan fingerprint density at radius 2 is 1.46 bits per heavy atom. The van der Waals surface area contributed by atoms with Crippen LogP contribution < -0.4 is 27.4 Å². The highest BCUT2D eigenvalue weighted by atomic mass is 16.4. The third-order valence-corrected chi connectivity index (χ3v) is 5.56. The zero-order valence-electron chi connectivity index (χ0n) is 21.0. The average molecular weight is 524 g/mol. The number of carbonyl (C=O) groups excluding carboxylic acids is 3. The molecule has 0 aliphatic heterocycles. The van der Waals surface area contributed by atoms with Crippen LogP contribution in [0.15, 0.2) is 24.3 Å². The summed E-state index contributed by atoms with van der Waals surface area (Å²) in [6.07, 6.45) is 0.678. The Balaban J connectivity index is 2.94. The van der Waals surface area contributed by atoms with Crippen LogP contribution in [-0.2, 0) is 30.4 Å². The van der Waals surface area contributed by atoms with Gasteiger partial charge < -0.3 is 42.7 Å². The molecule has 1 aromatic rings. The van der Waals surface area contributed by atoms with E-state index in [0.717, 1.165) is 0 Å². The van der Waals surface area contributed by atoms with Crippen molar-refractivity contribution in [3.63, 3.8) is 0 Å². The van der Waals surface area contributed by atoms with E-state index in [0.29, 0.717) is 31.4 Å². The molecule has 10 N–H and O–H groups in total. The van der Waals surface area contributed by atoms with E-state index in [1.807, 2.05) is 0 Å². The summed E-state index contributed by atoms with van der Waals surface area (Å²) in [7, 11) is 0. The number of hydrogen-bond donors (Lipinski definition) is 8. The van der Waals surface area contributed by atoms with Crippen LogP contribution in [0.2, 0.25) is 0 Å². The first-order valence-electron chi connectivity index (χ1n) is 11.9. The first-order valence-corrected chi connectivity index (χ1v) is 11.9. The van der Waals surface area contributed by atoms with E-state index in [9.17, 15) is 39.3 Å². The average Bonchev–Trinajstić information content (AvgIpc) is 2.82. The SMILES string of the molecule is CC(C)C(NC(=O)C(CC(=O)O)NC(=O)C(N)CCCCN)C(=O)NC(Cc1ccc(O)cc1)C(=O)O. The number of phenolic OH excluding ortho intramolecular Hbond substituents is 1. The lowest BCUT2D eigenvalue weighted by Gasteiger charge is -2.26. The second-order valence-corrected chi connectivity index (χ2v) is 9.05. The molecule has 0 radical (unpaired) electrons. The highest BCUT2D eigenvalue weighted by Gasteiger charge is 2.32. The van der Waals surface area contributed by atoms with E-state index >= 15 is 0 Å². The molecule has 0 spiro atoms. The number of aromatic hydroxyl groups is 1. The molecule has 37 heavy (non-hydrogen) atoms. The molecule has 3 amide bonds. The number of unbranched alkanes of at least 4 members (excludes halogenated alkanes) is 1. The van der Waals surface area contributed by atoms with Crippen molar-refractivity contribution in [2.24, 2.45) is 17.4 Å². The minimum absolute atomic E-state index is 0.00164. The maximum atomic E-state index is 12.9. The van der Waals surface area contributed by atoms with E-state index in [-0.39, 0.29) is 12.2 Å². The summed E-state index contributed by atoms with van der Waals surface area (Å²) < 4.78 is 0. The van der Waals surface area contributed by atoms with E-state index in [1.54, 1.807) is 13.8 Å². The Labute approximate surface area is 215 Å². The van der Waals surface area contributed by atoms with Crippen LogP contribution in [0.4, 0.5) is 0 Å². The second kappa shape index (κ2) is 15.4. The third kappa shape index (κ3) is 11.3. The molecule has 0 aromatic heterocycles. The molecule has 0 aliphatic rings. The topological polar surface area (TPSA) is 234 Å². The van der Waals surface area contributed by atoms with Gasteiger partial charge in [0.05, 0.1) is 12.5 Å². The molecule has 1 rings (SSSR count). The first-order chi connectivity index (χ1) is 17.3. The van der Waals surface area contributed by atoms with Gasteiger partial charge in [-0.1, -0.05) is 32.4 Å². The van der Waals surface area contributed by atoms with Crippen LogP contribution in [0.5, 0.6) is 5.75 Å². The molecular weight excluding hydrogens is 486 g/mol. The van der Waals surface area contributed by atoms with Gasteiger partial charge in [-0.05, 0) is 43.0 Å². The summed E-state index contributed by atoms with van der Waals surface area (Å²) in [6, 6.07) is 0.750. The number of carboxylic acids is 2. The van der Waals surface area contributed by atoms with Gasteiger partial charge >= 0.3 is 11.9 Å². The summed E-state index contributed by atoms with van der Waals surface area (Å²) in [4.78, 5) is 61.3. The largest absolute Gasteiger partial charge is 0.508 e. The number of nitrogens with two attached hydrogens (primary N) is 2. The minimum Gasteiger partial charge on any atom is -0.508 e. The van der Waals surface area contributed by atoms with E-state index in [4.69, 9.17) is 11.5 Å². The lowest BCUT2D eigenvalue weighted by molar-refractivity contribution is -0.143. The number of rotatable bonds is 16. The molecule has 13 heteroatoms. The summed E-state index contributed by atoms with van der Waals surface area (Å²) in [6.45, 7) is 3.64. The number of phenols is 1. The van der Waals surface area contributed by atoms with Crippen molar-refractivity contribution >= 4 is 29.7 Å². The van der Waals surface area contributed by atoms with E-state index in [2.05, 4.69) is 16.0 Å². The fourth-order valence-corrected chi connectivity index (χ4v) is 3.42. The van der Waals surface area contributed by atoms with Crippen LogP contribution >= 0.6 is 0 Å². The molecule has 4 unspecified atom stereocenters. The summed E-state index contributed by atoms with van der Waals surface area (Å²) in [5.74, 6) is -5.62. The molecular formula is C24H37N5O8. The third-order valence-electron chi connectivity index (χ3n) is 5.56. The van der Waals surface area contributed by atoms with Crippen LogP contribution in [0.3, 0.4) is 0 Å². The van der Waals surface area contributed by atoms with E-state index in [1.165, 1.54) is 24.3 Å². The van der Waals surface area contributed by atoms with Crippen LogP contribution in [0.1, 0.15) is 45.1 Å². The quantitative estimate of drug-likeness (QED) is 0.124. The highest BCUT2D eigenvalue weighted by molar-refractivity contribution is 5.95. The number of amides is 3. The zero-order chi connectivity index (χ0) is 28.1. The summed E-state index contributed by atoms with van der Waals surface area (Å²) in [5, 5.41) is 35.3. The lowest BCUT2D eigenvalue weighted by Crippen LogP contribution is -2.59. The molecule has 0 saturated heterocycles. The number of aliphatic carboxylic acids is 2. The molecule has 0 aliphatic carbocycles. The molecule has 1 aromatic carbocycles. The fraction of sp³-hybridized carbons (Fsp3) is 0.542. The Morgan fingerprint density at radius 1 is 0.865 bits per heavy atom. The van der Waals surface area contributed by atoms with Crippen molar-refractivity contribution < 1.29 is 39.3 Å². The maximum absolute atomic E-state index is 12.9. The van der Waals surface area contributed by atoms with Crippen molar-refractivity contribution in [3.8, 4) is 5.75 Å². The molecule has 13 nitrogen and oxygen atoms in total. The standard InChI is InChI=1S/C24H37N5O8/c1-13(2)20(23(35)28-18(24(36)37)11-14-6-8-15(30)9-7-14)29-22(34)17(12-19(31)32)27-21(33)16(26)5-3-4-10-25/h6-9,13,16-18,20,30H,3-5,10-12,25-26H2,1-2H3,(H,27,33)(H,28,35)(H,29,34)(H,31,32)(H,36,37). The van der Waals surface area contributed by atoms with E-state index < -0.39 is 66.2 Å².